The first-order valence-corrected chi connectivity index (χ1v) is 8.37. The molecule has 0 aliphatic carbocycles. The molecule has 0 aromatic heterocycles. The van der Waals surface area contributed by atoms with Crippen LogP contribution in [0.25, 0.3) is 0 Å². The summed E-state index contributed by atoms with van der Waals surface area (Å²) in [5, 5.41) is 0.0170. The molecule has 1 spiro atoms. The van der Waals surface area contributed by atoms with Crippen molar-refractivity contribution in [3.63, 3.8) is 0 Å². The van der Waals surface area contributed by atoms with Crippen LogP contribution in [0.1, 0.15) is 5.56 Å². The molecule has 1 atom stereocenters. The first kappa shape index (κ1) is 13.0. The van der Waals surface area contributed by atoms with Crippen LogP contribution in [0.5, 0.6) is 0 Å². The Morgan fingerprint density at radius 3 is 2.48 bits per heavy atom. The van der Waals surface area contributed by atoms with Crippen molar-refractivity contribution in [1.29, 1.82) is 0 Å². The quantitative estimate of drug-likeness (QED) is 0.810. The van der Waals surface area contributed by atoms with Crippen LogP contribution in [0.15, 0.2) is 59.5 Å². The monoisotopic (exact) mass is 313 g/mol. The van der Waals surface area contributed by atoms with Gasteiger partial charge in [-0.3, -0.25) is 14.5 Å². The van der Waals surface area contributed by atoms with Crippen molar-refractivity contribution in [3.8, 4) is 0 Å². The number of hydrogen-bond acceptors (Lipinski definition) is 4. The van der Waals surface area contributed by atoms with E-state index in [1.54, 1.807) is 4.90 Å². The van der Waals surface area contributed by atoms with Gasteiger partial charge in [0.1, 0.15) is 0 Å². The van der Waals surface area contributed by atoms with Crippen LogP contribution < -0.4 is 4.90 Å². The molecular weight excluding hydrogens is 302 g/mol. The highest BCUT2D eigenvalue weighted by Gasteiger charge is 2.58. The number of carbonyl (C=O) groups excluding carboxylic acids is 2. The lowest BCUT2D eigenvalue weighted by molar-refractivity contribution is -0.119. The predicted molar refractivity (Wildman–Crippen MR) is 85.4 cm³/mol. The van der Waals surface area contributed by atoms with Gasteiger partial charge >= 0.3 is 0 Å². The van der Waals surface area contributed by atoms with Crippen LogP contribution in [-0.4, -0.2) is 16.8 Å². The normalized spacial score (nSPS) is 23.9. The molecule has 1 saturated heterocycles. The Hall–Kier alpha value is -1.72. The molecule has 21 heavy (non-hydrogen) atoms. The van der Waals surface area contributed by atoms with Crippen LogP contribution in [0.2, 0.25) is 0 Å². The SMILES string of the molecule is O=C1CSC2(C(=O)Sc3ccccc32)N1c1ccccc1. The number of nitrogens with zero attached hydrogens (tertiary/aromatic N) is 1. The largest absolute Gasteiger partial charge is 0.284 e. The lowest BCUT2D eigenvalue weighted by atomic mass is 10.0. The zero-order valence-electron chi connectivity index (χ0n) is 11.0. The molecule has 0 radical (unpaired) electrons. The fraction of sp³-hybridized carbons (Fsp3) is 0.125. The van der Waals surface area contributed by atoms with Gasteiger partial charge in [-0.15, -0.1) is 11.8 Å². The third kappa shape index (κ3) is 1.71. The van der Waals surface area contributed by atoms with Gasteiger partial charge in [0, 0.05) is 16.1 Å². The molecule has 2 aromatic carbocycles. The summed E-state index contributed by atoms with van der Waals surface area (Å²) in [6.07, 6.45) is 0. The topological polar surface area (TPSA) is 37.4 Å². The van der Waals surface area contributed by atoms with Crippen molar-refractivity contribution in [2.45, 2.75) is 9.77 Å². The molecule has 2 heterocycles. The summed E-state index contributed by atoms with van der Waals surface area (Å²) < 4.78 is 0. The summed E-state index contributed by atoms with van der Waals surface area (Å²) in [5.74, 6) is 0.312. The van der Waals surface area contributed by atoms with Crippen molar-refractivity contribution in [3.05, 3.63) is 60.2 Å². The number of para-hydroxylation sites is 1. The van der Waals surface area contributed by atoms with Crippen LogP contribution in [0.3, 0.4) is 0 Å². The zero-order chi connectivity index (χ0) is 14.4. The molecule has 0 N–H and O–H groups in total. The molecule has 4 rings (SSSR count). The smallest absolute Gasteiger partial charge is 0.238 e. The van der Waals surface area contributed by atoms with Crippen LogP contribution in [-0.2, 0) is 14.5 Å². The number of fused-ring (bicyclic) bond motifs is 2. The van der Waals surface area contributed by atoms with E-state index in [1.807, 2.05) is 54.6 Å². The van der Waals surface area contributed by atoms with Crippen molar-refractivity contribution in [2.75, 3.05) is 10.7 Å². The Kier molecular flexibility index (Phi) is 2.87. The number of amides is 1. The van der Waals surface area contributed by atoms with Crippen LogP contribution in [0, 0.1) is 0 Å². The first-order valence-electron chi connectivity index (χ1n) is 6.57. The van der Waals surface area contributed by atoms with Gasteiger partial charge in [-0.25, -0.2) is 0 Å². The van der Waals surface area contributed by atoms with Gasteiger partial charge in [0.25, 0.3) is 0 Å². The maximum atomic E-state index is 12.7. The molecule has 1 fully saturated rings. The zero-order valence-corrected chi connectivity index (χ0v) is 12.6. The second kappa shape index (κ2) is 4.64. The van der Waals surface area contributed by atoms with E-state index < -0.39 is 4.87 Å². The minimum absolute atomic E-state index is 0.0168. The number of thioether (sulfide) groups is 2. The number of hydrogen-bond donors (Lipinski definition) is 0. The third-order valence-corrected chi connectivity index (χ3v) is 6.30. The van der Waals surface area contributed by atoms with E-state index in [-0.39, 0.29) is 11.0 Å². The molecule has 3 nitrogen and oxygen atoms in total. The van der Waals surface area contributed by atoms with Crippen molar-refractivity contribution >= 4 is 40.2 Å². The van der Waals surface area contributed by atoms with E-state index >= 15 is 0 Å². The summed E-state index contributed by atoms with van der Waals surface area (Å²) in [7, 11) is 0. The Bertz CT molecular complexity index is 747. The van der Waals surface area contributed by atoms with Gasteiger partial charge in [-0.1, -0.05) is 36.4 Å². The summed E-state index contributed by atoms with van der Waals surface area (Å²) in [5.41, 5.74) is 1.71. The van der Waals surface area contributed by atoms with Crippen LogP contribution in [0.4, 0.5) is 5.69 Å². The predicted octanol–water partition coefficient (Wildman–Crippen LogP) is 3.25. The highest BCUT2D eigenvalue weighted by atomic mass is 32.2. The van der Waals surface area contributed by atoms with E-state index in [0.717, 1.165) is 16.1 Å². The lowest BCUT2D eigenvalue weighted by Gasteiger charge is -2.32. The third-order valence-electron chi connectivity index (χ3n) is 3.71. The standard InChI is InChI=1S/C16H11NO2S2/c18-14-10-20-16(17(14)11-6-2-1-3-7-11)12-8-4-5-9-13(12)21-15(16)19/h1-9H,10H2. The maximum absolute atomic E-state index is 12.7. The molecule has 104 valence electrons. The second-order valence-electron chi connectivity index (χ2n) is 4.88. The van der Waals surface area contributed by atoms with Crippen LogP contribution >= 0.6 is 23.5 Å². The van der Waals surface area contributed by atoms with E-state index in [1.165, 1.54) is 23.5 Å². The molecule has 5 heteroatoms. The first-order chi connectivity index (χ1) is 10.2. The Balaban J connectivity index is 1.94. The van der Waals surface area contributed by atoms with Gasteiger partial charge in [-0.05, 0) is 30.0 Å². The maximum Gasteiger partial charge on any atom is 0.238 e. The molecule has 0 saturated carbocycles. The molecule has 2 aliphatic rings. The second-order valence-corrected chi connectivity index (χ2v) is 7.07. The summed E-state index contributed by atoms with van der Waals surface area (Å²) in [6, 6.07) is 17.2. The molecule has 0 bridgehead atoms. The van der Waals surface area contributed by atoms with E-state index in [0.29, 0.717) is 5.75 Å². The minimum Gasteiger partial charge on any atom is -0.284 e. The number of anilines is 1. The lowest BCUT2D eigenvalue weighted by Crippen LogP contribution is -2.45. The fourth-order valence-corrected chi connectivity index (χ4v) is 5.46. The Labute approximate surface area is 130 Å². The molecule has 2 aliphatic heterocycles. The van der Waals surface area contributed by atoms with Gasteiger partial charge in [0.05, 0.1) is 5.75 Å². The highest BCUT2D eigenvalue weighted by molar-refractivity contribution is 8.17. The van der Waals surface area contributed by atoms with E-state index in [2.05, 4.69) is 0 Å². The van der Waals surface area contributed by atoms with Crippen molar-refractivity contribution in [1.82, 2.24) is 0 Å². The van der Waals surface area contributed by atoms with Gasteiger partial charge < -0.3 is 0 Å². The number of rotatable bonds is 1. The summed E-state index contributed by atoms with van der Waals surface area (Å²) in [4.78, 5) is 26.9. The van der Waals surface area contributed by atoms with Crippen molar-refractivity contribution in [2.24, 2.45) is 0 Å². The Morgan fingerprint density at radius 2 is 1.67 bits per heavy atom. The van der Waals surface area contributed by atoms with Gasteiger partial charge in [0.15, 0.2) is 4.87 Å². The molecular formula is C16H11NO2S2. The summed E-state index contributed by atoms with van der Waals surface area (Å²) >= 11 is 2.65. The number of carbonyl (C=O) groups is 2. The number of benzene rings is 2. The van der Waals surface area contributed by atoms with E-state index in [9.17, 15) is 9.59 Å². The minimum atomic E-state index is -0.903. The van der Waals surface area contributed by atoms with E-state index in [4.69, 9.17) is 0 Å². The Morgan fingerprint density at radius 1 is 0.952 bits per heavy atom. The molecule has 1 unspecified atom stereocenters. The summed E-state index contributed by atoms with van der Waals surface area (Å²) in [6.45, 7) is 0. The molecule has 1 amide bonds. The van der Waals surface area contributed by atoms with Crippen molar-refractivity contribution < 1.29 is 9.59 Å². The average molecular weight is 313 g/mol. The highest BCUT2D eigenvalue weighted by Crippen LogP contribution is 2.57. The molecule has 2 aromatic rings. The fourth-order valence-electron chi connectivity index (χ4n) is 2.84. The average Bonchev–Trinajstić information content (AvgIpc) is 3.00. The van der Waals surface area contributed by atoms with Gasteiger partial charge in [-0.2, -0.15) is 0 Å². The van der Waals surface area contributed by atoms with Gasteiger partial charge in [0.2, 0.25) is 11.0 Å².